The number of hydrogen-bond donors (Lipinski definition) is 2. The maximum Gasteiger partial charge on any atom is 0.393 e. The Balaban J connectivity index is 2.11. The van der Waals surface area contributed by atoms with Crippen molar-refractivity contribution in [1.82, 2.24) is 10.2 Å². The number of alkyl halides is 3. The van der Waals surface area contributed by atoms with Crippen molar-refractivity contribution >= 4 is 0 Å². The fourth-order valence-electron chi connectivity index (χ4n) is 3.86. The molecule has 1 unspecified atom stereocenters. The number of hydrogen-bond acceptors (Lipinski definition) is 3. The van der Waals surface area contributed by atoms with Crippen molar-refractivity contribution in [2.75, 3.05) is 13.1 Å². The molecule has 0 amide bonds. The van der Waals surface area contributed by atoms with Crippen LogP contribution in [0.2, 0.25) is 0 Å². The summed E-state index contributed by atoms with van der Waals surface area (Å²) in [6.45, 7) is 15.6. The van der Waals surface area contributed by atoms with Gasteiger partial charge in [0.2, 0.25) is 0 Å². The highest BCUT2D eigenvalue weighted by Gasteiger charge is 2.48. The Hall–Kier alpha value is -2.81. The Kier molecular flexibility index (Phi) is 7.89. The topological polar surface area (TPSA) is 41.3 Å². The highest BCUT2D eigenvalue weighted by molar-refractivity contribution is 5.42. The molecule has 0 aromatic heterocycles. The Morgan fingerprint density at radius 2 is 1.87 bits per heavy atom. The lowest BCUT2D eigenvalue weighted by atomic mass is 9.90. The van der Waals surface area contributed by atoms with Gasteiger partial charge in [-0.15, -0.1) is 6.42 Å². The van der Waals surface area contributed by atoms with Gasteiger partial charge in [-0.2, -0.15) is 13.2 Å². The number of allylic oxidation sites excluding steroid dienone is 1. The number of benzene rings is 1. The van der Waals surface area contributed by atoms with Gasteiger partial charge >= 0.3 is 6.18 Å². The van der Waals surface area contributed by atoms with Crippen LogP contribution >= 0.6 is 0 Å². The van der Waals surface area contributed by atoms with Gasteiger partial charge in [-0.1, -0.05) is 56.8 Å². The summed E-state index contributed by atoms with van der Waals surface area (Å²) in [6.07, 6.45) is 3.67. The molecule has 2 rings (SSSR count). The van der Waals surface area contributed by atoms with Crippen LogP contribution in [0.1, 0.15) is 43.7 Å². The highest BCUT2D eigenvalue weighted by atomic mass is 19.4. The number of rotatable bonds is 12. The van der Waals surface area contributed by atoms with Gasteiger partial charge in [0.15, 0.2) is 0 Å². The summed E-state index contributed by atoms with van der Waals surface area (Å²) in [6, 6.07) is 6.46. The second-order valence-corrected chi connectivity index (χ2v) is 8.27. The third-order valence-electron chi connectivity index (χ3n) is 5.52. The molecule has 0 bridgehead atoms. The Morgan fingerprint density at radius 1 is 1.26 bits per heavy atom. The highest BCUT2D eigenvalue weighted by Crippen LogP contribution is 2.54. The maximum atomic E-state index is 12.7. The van der Waals surface area contributed by atoms with E-state index >= 15 is 0 Å². The summed E-state index contributed by atoms with van der Waals surface area (Å²) < 4.78 is 38.0. The van der Waals surface area contributed by atoms with Crippen molar-refractivity contribution in [3.05, 3.63) is 72.2 Å². The van der Waals surface area contributed by atoms with E-state index in [0.717, 1.165) is 42.8 Å². The van der Waals surface area contributed by atoms with E-state index in [1.165, 1.54) is 0 Å². The minimum Gasteiger partial charge on any atom is -0.402 e. The molecule has 1 aliphatic carbocycles. The van der Waals surface area contributed by atoms with E-state index in [-0.39, 0.29) is 17.0 Å². The molecule has 3 N–H and O–H groups in total. The first-order valence-corrected chi connectivity index (χ1v) is 10.4. The standard InChI is InChI=1S/C25H32F3N3/c1-6-14-31(17-19(4)30-23(7-2)15-18(3)29)20(5)24(12-13-24)22-10-8-21(9-11-22)16-25(26,27)28/h2,8-11,23,30H,3-6,12-17,29H2,1H3. The van der Waals surface area contributed by atoms with Crippen molar-refractivity contribution in [1.29, 1.82) is 0 Å². The second kappa shape index (κ2) is 10.00. The smallest absolute Gasteiger partial charge is 0.393 e. The average molecular weight is 432 g/mol. The molecular weight excluding hydrogens is 399 g/mol. The molecule has 1 fully saturated rings. The van der Waals surface area contributed by atoms with Gasteiger partial charge in [-0.05, 0) is 30.4 Å². The molecule has 0 radical (unpaired) electrons. The monoisotopic (exact) mass is 431 g/mol. The number of halogens is 3. The minimum atomic E-state index is -4.21. The SMILES string of the molecule is C#CC(CC(=C)N)NC(=C)CN(CCC)C(=C)C1(c2ccc(CC(F)(F)F)cc2)CC1. The average Bonchev–Trinajstić information content (AvgIpc) is 3.47. The maximum absolute atomic E-state index is 12.7. The summed E-state index contributed by atoms with van der Waals surface area (Å²) in [4.78, 5) is 2.18. The van der Waals surface area contributed by atoms with Crippen LogP contribution < -0.4 is 11.1 Å². The van der Waals surface area contributed by atoms with Crippen LogP contribution in [0.25, 0.3) is 0 Å². The van der Waals surface area contributed by atoms with Gasteiger partial charge in [-0.3, -0.25) is 0 Å². The van der Waals surface area contributed by atoms with Gasteiger partial charge < -0.3 is 16.0 Å². The molecule has 1 aliphatic rings. The lowest BCUT2D eigenvalue weighted by molar-refractivity contribution is -0.127. The van der Waals surface area contributed by atoms with Gasteiger partial charge in [0, 0.05) is 35.5 Å². The molecule has 3 nitrogen and oxygen atoms in total. The molecule has 0 saturated heterocycles. The zero-order valence-electron chi connectivity index (χ0n) is 18.2. The third kappa shape index (κ3) is 6.85. The first-order chi connectivity index (χ1) is 14.5. The Labute approximate surface area is 183 Å². The van der Waals surface area contributed by atoms with Gasteiger partial charge in [0.25, 0.3) is 0 Å². The molecule has 0 spiro atoms. The quantitative estimate of drug-likeness (QED) is 0.457. The van der Waals surface area contributed by atoms with Crippen LogP contribution in [0, 0.1) is 12.3 Å². The van der Waals surface area contributed by atoms with Gasteiger partial charge in [0.1, 0.15) is 0 Å². The van der Waals surface area contributed by atoms with E-state index < -0.39 is 12.6 Å². The first kappa shape index (κ1) is 24.5. The molecule has 1 saturated carbocycles. The van der Waals surface area contributed by atoms with Gasteiger partial charge in [0.05, 0.1) is 19.0 Å². The summed E-state index contributed by atoms with van der Waals surface area (Å²) in [7, 11) is 0. The zero-order valence-corrected chi connectivity index (χ0v) is 18.2. The first-order valence-electron chi connectivity index (χ1n) is 10.4. The van der Waals surface area contributed by atoms with E-state index in [1.54, 1.807) is 24.3 Å². The predicted octanol–water partition coefficient (Wildman–Crippen LogP) is 5.02. The summed E-state index contributed by atoms with van der Waals surface area (Å²) >= 11 is 0. The van der Waals surface area contributed by atoms with E-state index in [4.69, 9.17) is 12.2 Å². The van der Waals surface area contributed by atoms with Crippen LogP contribution in [0.3, 0.4) is 0 Å². The Bertz CT molecular complexity index is 842. The largest absolute Gasteiger partial charge is 0.402 e. The molecule has 1 aromatic rings. The lowest BCUT2D eigenvalue weighted by Crippen LogP contribution is -2.37. The number of nitrogens with one attached hydrogen (secondary N) is 1. The van der Waals surface area contributed by atoms with E-state index in [2.05, 4.69) is 42.8 Å². The molecule has 1 atom stereocenters. The van der Waals surface area contributed by atoms with E-state index in [1.807, 2.05) is 0 Å². The molecule has 0 aliphatic heterocycles. The predicted molar refractivity (Wildman–Crippen MR) is 121 cm³/mol. The van der Waals surface area contributed by atoms with E-state index in [9.17, 15) is 13.2 Å². The summed E-state index contributed by atoms with van der Waals surface area (Å²) in [5.74, 6) is 2.65. The molecule has 6 heteroatoms. The fraction of sp³-hybridized carbons (Fsp3) is 0.440. The van der Waals surface area contributed by atoms with Crippen LogP contribution in [0.5, 0.6) is 0 Å². The summed E-state index contributed by atoms with van der Waals surface area (Å²) in [5.41, 5.74) is 8.93. The molecule has 168 valence electrons. The van der Waals surface area contributed by atoms with Crippen molar-refractivity contribution < 1.29 is 13.2 Å². The van der Waals surface area contributed by atoms with E-state index in [0.29, 0.717) is 18.7 Å². The minimum absolute atomic E-state index is 0.233. The molecule has 0 heterocycles. The fourth-order valence-corrected chi connectivity index (χ4v) is 3.86. The van der Waals surface area contributed by atoms with Crippen LogP contribution in [0.4, 0.5) is 13.2 Å². The summed E-state index contributed by atoms with van der Waals surface area (Å²) in [5, 5.41) is 3.22. The molecule has 1 aromatic carbocycles. The van der Waals surface area contributed by atoms with Crippen molar-refractivity contribution in [2.45, 2.75) is 56.7 Å². The van der Waals surface area contributed by atoms with Crippen molar-refractivity contribution in [3.8, 4) is 12.3 Å². The van der Waals surface area contributed by atoms with Crippen LogP contribution in [-0.4, -0.2) is 30.2 Å². The van der Waals surface area contributed by atoms with Crippen LogP contribution in [0.15, 0.2) is 61.1 Å². The number of nitrogens with zero attached hydrogens (tertiary/aromatic N) is 1. The third-order valence-corrected chi connectivity index (χ3v) is 5.52. The molecule has 31 heavy (non-hydrogen) atoms. The zero-order chi connectivity index (χ0) is 23.2. The normalized spacial score (nSPS) is 15.5. The Morgan fingerprint density at radius 3 is 2.32 bits per heavy atom. The van der Waals surface area contributed by atoms with Crippen LogP contribution in [-0.2, 0) is 11.8 Å². The van der Waals surface area contributed by atoms with Gasteiger partial charge in [-0.25, -0.2) is 0 Å². The van der Waals surface area contributed by atoms with Crippen molar-refractivity contribution in [3.63, 3.8) is 0 Å². The number of nitrogens with two attached hydrogens (primary N) is 1. The second-order valence-electron chi connectivity index (χ2n) is 8.27. The molecular formula is C25H32F3N3. The number of terminal acetylenes is 1. The lowest BCUT2D eigenvalue weighted by Gasteiger charge is -2.33. The van der Waals surface area contributed by atoms with Crippen molar-refractivity contribution in [2.24, 2.45) is 5.73 Å².